The van der Waals surface area contributed by atoms with Gasteiger partial charge in [0.05, 0.1) is 11.9 Å². The number of pyridine rings is 1. The molecule has 34 heavy (non-hydrogen) atoms. The summed E-state index contributed by atoms with van der Waals surface area (Å²) in [6.45, 7) is 1.93. The summed E-state index contributed by atoms with van der Waals surface area (Å²) in [6.07, 6.45) is 4.47. The monoisotopic (exact) mass is 496 g/mol. The maximum atomic E-state index is 12.7. The molecule has 1 amide bonds. The first-order valence-electron chi connectivity index (χ1n) is 10.6. The molecule has 3 rings (SSSR count). The molecule has 1 aliphatic rings. The number of ether oxygens (including phenoxy) is 1. The van der Waals surface area contributed by atoms with Crippen molar-refractivity contribution in [2.75, 3.05) is 11.1 Å². The minimum Gasteiger partial charge on any atom is -0.433 e. The van der Waals surface area contributed by atoms with Gasteiger partial charge in [0, 0.05) is 11.4 Å². The SMILES string of the molecule is CC(C)(C(=N)N)S(=O)(=O)CC1CCCc2ccc(NC=O)cc21.Cc1ccc(OC(F)F)cn1. The number of nitrogens with two attached hydrogens (primary N) is 1. The average molecular weight is 497 g/mol. The highest BCUT2D eigenvalue weighted by molar-refractivity contribution is 7.93. The van der Waals surface area contributed by atoms with E-state index in [0.717, 1.165) is 36.1 Å². The largest absolute Gasteiger partial charge is 0.433 e. The van der Waals surface area contributed by atoms with Gasteiger partial charge in [0.2, 0.25) is 6.41 Å². The third-order valence-corrected chi connectivity index (χ3v) is 8.38. The fourth-order valence-electron chi connectivity index (χ4n) is 3.50. The first kappa shape index (κ1) is 27.2. The Labute approximate surface area is 198 Å². The number of sulfone groups is 1. The summed E-state index contributed by atoms with van der Waals surface area (Å²) in [4.78, 5) is 14.4. The van der Waals surface area contributed by atoms with Crippen LogP contribution in [0.3, 0.4) is 0 Å². The topological polar surface area (TPSA) is 135 Å². The summed E-state index contributed by atoms with van der Waals surface area (Å²) in [5, 5.41) is 10.2. The molecule has 186 valence electrons. The summed E-state index contributed by atoms with van der Waals surface area (Å²) in [5.74, 6) is -0.441. The van der Waals surface area contributed by atoms with Crippen molar-refractivity contribution in [3.05, 3.63) is 53.3 Å². The van der Waals surface area contributed by atoms with E-state index in [-0.39, 0.29) is 23.3 Å². The van der Waals surface area contributed by atoms with Gasteiger partial charge in [-0.2, -0.15) is 8.78 Å². The van der Waals surface area contributed by atoms with Crippen LogP contribution in [-0.2, 0) is 21.1 Å². The van der Waals surface area contributed by atoms with E-state index < -0.39 is 21.2 Å². The van der Waals surface area contributed by atoms with Gasteiger partial charge in [-0.25, -0.2) is 8.42 Å². The molecule has 8 nitrogen and oxygen atoms in total. The zero-order chi connectivity index (χ0) is 25.5. The van der Waals surface area contributed by atoms with Crippen molar-refractivity contribution in [1.82, 2.24) is 4.98 Å². The molecule has 1 aliphatic carbocycles. The fourth-order valence-corrected chi connectivity index (χ4v) is 5.12. The number of amides is 1. The Morgan fingerprint density at radius 3 is 2.62 bits per heavy atom. The normalized spacial score (nSPS) is 15.5. The number of amidine groups is 1. The number of fused-ring (bicyclic) bond motifs is 1. The van der Waals surface area contributed by atoms with E-state index in [2.05, 4.69) is 15.0 Å². The van der Waals surface area contributed by atoms with E-state index in [0.29, 0.717) is 12.1 Å². The Kier molecular flexibility index (Phi) is 9.08. The first-order chi connectivity index (χ1) is 15.9. The van der Waals surface area contributed by atoms with E-state index in [9.17, 15) is 22.0 Å². The highest BCUT2D eigenvalue weighted by Crippen LogP contribution is 2.36. The third-order valence-electron chi connectivity index (χ3n) is 5.77. The van der Waals surface area contributed by atoms with Gasteiger partial charge < -0.3 is 15.8 Å². The van der Waals surface area contributed by atoms with Crippen molar-refractivity contribution < 1.29 is 26.7 Å². The molecule has 0 radical (unpaired) electrons. The van der Waals surface area contributed by atoms with E-state index in [1.165, 1.54) is 26.1 Å². The molecule has 11 heteroatoms. The Bertz CT molecular complexity index is 1110. The number of rotatable bonds is 8. The van der Waals surface area contributed by atoms with Crippen molar-refractivity contribution in [3.63, 3.8) is 0 Å². The Balaban J connectivity index is 0.000000310. The zero-order valence-corrected chi connectivity index (χ0v) is 20.2. The van der Waals surface area contributed by atoms with Crippen LogP contribution in [0.25, 0.3) is 0 Å². The molecule has 1 aromatic carbocycles. The molecule has 1 heterocycles. The number of hydrogen-bond donors (Lipinski definition) is 3. The van der Waals surface area contributed by atoms with E-state index in [1.54, 1.807) is 13.0 Å². The van der Waals surface area contributed by atoms with Crippen LogP contribution in [0.15, 0.2) is 36.5 Å². The number of hydrogen-bond acceptors (Lipinski definition) is 6. The smallest absolute Gasteiger partial charge is 0.387 e. The number of aryl methyl sites for hydroxylation is 2. The molecule has 0 spiro atoms. The predicted octanol–water partition coefficient (Wildman–Crippen LogP) is 3.80. The summed E-state index contributed by atoms with van der Waals surface area (Å²) in [5.41, 5.74) is 8.99. The van der Waals surface area contributed by atoms with Crippen LogP contribution >= 0.6 is 0 Å². The second kappa shape index (κ2) is 11.4. The van der Waals surface area contributed by atoms with Gasteiger partial charge in [-0.3, -0.25) is 15.2 Å². The highest BCUT2D eigenvalue weighted by atomic mass is 32.2. The molecule has 0 saturated heterocycles. The van der Waals surface area contributed by atoms with Crippen molar-refractivity contribution in [2.45, 2.75) is 57.3 Å². The molecule has 0 saturated carbocycles. The lowest BCUT2D eigenvalue weighted by molar-refractivity contribution is -0.105. The number of nitrogens with one attached hydrogen (secondary N) is 2. The van der Waals surface area contributed by atoms with E-state index in [1.807, 2.05) is 18.2 Å². The Morgan fingerprint density at radius 2 is 2.06 bits per heavy atom. The molecule has 1 aromatic heterocycles. The molecule has 1 unspecified atom stereocenters. The van der Waals surface area contributed by atoms with E-state index in [4.69, 9.17) is 11.1 Å². The van der Waals surface area contributed by atoms with Crippen molar-refractivity contribution >= 4 is 27.8 Å². The van der Waals surface area contributed by atoms with E-state index >= 15 is 0 Å². The van der Waals surface area contributed by atoms with Gasteiger partial charge in [0.25, 0.3) is 0 Å². The molecule has 0 fully saturated rings. The van der Waals surface area contributed by atoms with Crippen molar-refractivity contribution in [2.24, 2.45) is 5.73 Å². The third kappa shape index (κ3) is 6.96. The lowest BCUT2D eigenvalue weighted by Gasteiger charge is -2.30. The molecular formula is C23H30F2N4O4S. The number of nitrogens with zero attached hydrogens (tertiary/aromatic N) is 1. The molecular weight excluding hydrogens is 466 g/mol. The van der Waals surface area contributed by atoms with Gasteiger partial charge in [0.15, 0.2) is 9.84 Å². The standard InChI is InChI=1S/C16H23N3O3S.C7H7F2NO/c1-16(2,15(17)18)23(21,22)9-12-5-3-4-11-6-7-13(19-10-20)8-14(11)12;1-5-2-3-6(4-10-5)11-7(8)9/h6-8,10,12H,3-5,9H2,1-2H3,(H3,17,18)(H,19,20);2-4,7H,1H3. The highest BCUT2D eigenvalue weighted by Gasteiger charge is 2.40. The van der Waals surface area contributed by atoms with Gasteiger partial charge in [-0.1, -0.05) is 6.07 Å². The minimum absolute atomic E-state index is 0.0445. The number of aromatic nitrogens is 1. The van der Waals surface area contributed by atoms with Gasteiger partial charge in [0.1, 0.15) is 16.3 Å². The van der Waals surface area contributed by atoms with Crippen LogP contribution in [-0.4, -0.2) is 42.8 Å². The summed E-state index contributed by atoms with van der Waals surface area (Å²) >= 11 is 0. The summed E-state index contributed by atoms with van der Waals surface area (Å²) in [6, 6.07) is 8.68. The molecule has 1 atom stereocenters. The molecule has 2 aromatic rings. The van der Waals surface area contributed by atoms with Crippen LogP contribution in [0.1, 0.15) is 49.4 Å². The van der Waals surface area contributed by atoms with Gasteiger partial charge in [-0.15, -0.1) is 0 Å². The lowest BCUT2D eigenvalue weighted by Crippen LogP contribution is -2.46. The number of carbonyl (C=O) groups is 1. The number of halogens is 2. The molecule has 4 N–H and O–H groups in total. The molecule has 0 bridgehead atoms. The minimum atomic E-state index is -3.57. The molecule has 0 aliphatic heterocycles. The summed E-state index contributed by atoms with van der Waals surface area (Å²) < 4.78 is 51.2. The van der Waals surface area contributed by atoms with Crippen LogP contribution < -0.4 is 15.8 Å². The van der Waals surface area contributed by atoms with Crippen LogP contribution in [0.4, 0.5) is 14.5 Å². The van der Waals surface area contributed by atoms with Crippen LogP contribution in [0.2, 0.25) is 0 Å². The number of anilines is 1. The second-order valence-corrected chi connectivity index (χ2v) is 11.1. The Morgan fingerprint density at radius 1 is 1.35 bits per heavy atom. The van der Waals surface area contributed by atoms with Gasteiger partial charge >= 0.3 is 6.61 Å². The fraction of sp³-hybridized carbons (Fsp3) is 0.435. The predicted molar refractivity (Wildman–Crippen MR) is 127 cm³/mol. The maximum absolute atomic E-state index is 12.7. The average Bonchev–Trinajstić information content (AvgIpc) is 2.76. The number of benzene rings is 1. The van der Waals surface area contributed by atoms with Crippen molar-refractivity contribution in [3.8, 4) is 5.75 Å². The maximum Gasteiger partial charge on any atom is 0.387 e. The van der Waals surface area contributed by atoms with Crippen molar-refractivity contribution in [1.29, 1.82) is 5.41 Å². The lowest BCUT2D eigenvalue weighted by atomic mass is 9.83. The van der Waals surface area contributed by atoms with Gasteiger partial charge in [-0.05, 0) is 81.3 Å². The second-order valence-electron chi connectivity index (χ2n) is 8.48. The van der Waals surface area contributed by atoms with Crippen LogP contribution in [0, 0.1) is 12.3 Å². The Hall–Kier alpha value is -3.08. The number of carbonyl (C=O) groups excluding carboxylic acids is 1. The van der Waals surface area contributed by atoms with Crippen LogP contribution in [0.5, 0.6) is 5.75 Å². The first-order valence-corrected chi connectivity index (χ1v) is 12.3. The number of alkyl halides is 2. The summed E-state index contributed by atoms with van der Waals surface area (Å²) in [7, 11) is -3.57. The quantitative estimate of drug-likeness (QED) is 0.289. The zero-order valence-electron chi connectivity index (χ0n) is 19.3.